The predicted molar refractivity (Wildman–Crippen MR) is 108 cm³/mol. The highest BCUT2D eigenvalue weighted by Gasteiger charge is 2.23. The second kappa shape index (κ2) is 9.07. The predicted octanol–water partition coefficient (Wildman–Crippen LogP) is 2.27. The second-order valence-electron chi connectivity index (χ2n) is 6.39. The van der Waals surface area contributed by atoms with Gasteiger partial charge in [-0.2, -0.15) is 0 Å². The lowest BCUT2D eigenvalue weighted by Crippen LogP contribution is -2.37. The number of amides is 2. The molecule has 1 N–H and O–H groups in total. The van der Waals surface area contributed by atoms with E-state index in [9.17, 15) is 18.0 Å². The van der Waals surface area contributed by atoms with Crippen LogP contribution in [0.15, 0.2) is 48.5 Å². The first-order valence-corrected chi connectivity index (χ1v) is 10.3. The van der Waals surface area contributed by atoms with E-state index in [-0.39, 0.29) is 11.8 Å². The van der Waals surface area contributed by atoms with E-state index >= 15 is 0 Å². The summed E-state index contributed by atoms with van der Waals surface area (Å²) in [7, 11) is -2.74. The maximum absolute atomic E-state index is 12.7. The van der Waals surface area contributed by atoms with Crippen molar-refractivity contribution < 1.29 is 18.0 Å². The summed E-state index contributed by atoms with van der Waals surface area (Å²) in [4.78, 5) is 28.9. The molecule has 2 aromatic rings. The van der Waals surface area contributed by atoms with Crippen molar-refractivity contribution >= 4 is 40.0 Å². The number of hydrogen-bond acceptors (Lipinski definition) is 4. The van der Waals surface area contributed by atoms with Gasteiger partial charge in [0.15, 0.2) is 0 Å². The van der Waals surface area contributed by atoms with E-state index in [1.165, 1.54) is 0 Å². The van der Waals surface area contributed by atoms with Crippen LogP contribution in [0.5, 0.6) is 0 Å². The van der Waals surface area contributed by atoms with Gasteiger partial charge < -0.3 is 9.80 Å². The Balaban J connectivity index is 1.63. The Morgan fingerprint density at radius 1 is 0.786 bits per heavy atom. The summed E-state index contributed by atoms with van der Waals surface area (Å²) in [5.41, 5.74) is 1.45. The Kier molecular flexibility index (Phi) is 6.53. The third-order valence-electron chi connectivity index (χ3n) is 4.51. The van der Waals surface area contributed by atoms with Crippen molar-refractivity contribution in [3.8, 4) is 0 Å². The summed E-state index contributed by atoms with van der Waals surface area (Å²) in [6, 6.07) is 13.0. The van der Waals surface area contributed by atoms with Gasteiger partial charge in [-0.05, 0) is 55.0 Å². The molecule has 28 heavy (non-hydrogen) atoms. The van der Waals surface area contributed by atoms with Crippen molar-refractivity contribution in [3.63, 3.8) is 0 Å². The topological polar surface area (TPSA) is 86.8 Å². The van der Waals surface area contributed by atoms with Crippen molar-refractivity contribution in [2.45, 2.75) is 6.42 Å². The summed E-state index contributed by atoms with van der Waals surface area (Å²) >= 11 is 5.87. The molecular weight excluding hydrogens is 402 g/mol. The average Bonchev–Trinajstić information content (AvgIpc) is 2.94. The van der Waals surface area contributed by atoms with E-state index in [2.05, 4.69) is 4.72 Å². The van der Waals surface area contributed by atoms with Gasteiger partial charge in [0.1, 0.15) is 0 Å². The third kappa shape index (κ3) is 5.02. The van der Waals surface area contributed by atoms with Gasteiger partial charge in [-0.15, -0.1) is 0 Å². The van der Waals surface area contributed by atoms with Crippen LogP contribution in [0, 0.1) is 0 Å². The zero-order valence-corrected chi connectivity index (χ0v) is 16.7. The van der Waals surface area contributed by atoms with Crippen LogP contribution in [-0.4, -0.2) is 56.2 Å². The van der Waals surface area contributed by atoms with Crippen LogP contribution >= 0.6 is 11.6 Å². The normalized spacial score (nSPS) is 14.6. The number of carbonyl (C=O) groups is 2. The van der Waals surface area contributed by atoms with Crippen molar-refractivity contribution in [1.29, 1.82) is 0 Å². The van der Waals surface area contributed by atoms with E-state index in [0.29, 0.717) is 54.4 Å². The monoisotopic (exact) mass is 421 g/mol. The molecule has 0 saturated carbocycles. The Labute approximate surface area is 170 Å². The van der Waals surface area contributed by atoms with Crippen LogP contribution in [0.25, 0.3) is 0 Å². The molecule has 1 aliphatic rings. The lowest BCUT2D eigenvalue weighted by Gasteiger charge is -2.22. The van der Waals surface area contributed by atoms with Gasteiger partial charge >= 0.3 is 0 Å². The fourth-order valence-corrected chi connectivity index (χ4v) is 3.56. The molecule has 1 heterocycles. The molecule has 0 spiro atoms. The summed E-state index contributed by atoms with van der Waals surface area (Å²) in [6.45, 7) is 2.01. The van der Waals surface area contributed by atoms with Crippen LogP contribution in [0.3, 0.4) is 0 Å². The number of rotatable bonds is 4. The summed E-state index contributed by atoms with van der Waals surface area (Å²) in [5.74, 6) is -0.216. The van der Waals surface area contributed by atoms with Crippen LogP contribution < -0.4 is 4.72 Å². The molecule has 0 atom stereocenters. The molecule has 0 aromatic heterocycles. The summed E-state index contributed by atoms with van der Waals surface area (Å²) in [6.07, 6.45) is 0.682. The van der Waals surface area contributed by atoms with E-state index in [0.717, 1.165) is 0 Å². The molecule has 0 unspecified atom stereocenters. The molecule has 0 aliphatic carbocycles. The van der Waals surface area contributed by atoms with Gasteiger partial charge in [-0.1, -0.05) is 11.6 Å². The first-order chi connectivity index (χ1) is 13.4. The van der Waals surface area contributed by atoms with Gasteiger partial charge in [-0.25, -0.2) is 8.42 Å². The Hall–Kier alpha value is -2.58. The number of halogens is 1. The first kappa shape index (κ1) is 20.2. The van der Waals surface area contributed by atoms with Crippen molar-refractivity contribution in [1.82, 2.24) is 9.80 Å². The molecule has 1 aliphatic heterocycles. The van der Waals surface area contributed by atoms with E-state index < -0.39 is 10.9 Å². The molecule has 1 saturated heterocycles. The molecule has 2 amide bonds. The quantitative estimate of drug-likeness (QED) is 0.741. The van der Waals surface area contributed by atoms with Crippen LogP contribution in [0.2, 0.25) is 5.02 Å². The van der Waals surface area contributed by atoms with Gasteiger partial charge in [0.05, 0.1) is 0 Å². The minimum absolute atomic E-state index is 0.0758. The van der Waals surface area contributed by atoms with Gasteiger partial charge in [-0.3, -0.25) is 14.3 Å². The molecule has 0 bridgehead atoms. The van der Waals surface area contributed by atoms with Crippen LogP contribution in [-0.2, 0) is 10.9 Å². The van der Waals surface area contributed by atoms with Gasteiger partial charge in [0, 0.05) is 48.0 Å². The number of benzene rings is 2. The number of thiol groups is 1. The number of hydrogen-bond donors (Lipinski definition) is 2. The Morgan fingerprint density at radius 3 is 1.71 bits per heavy atom. The number of anilines is 1. The van der Waals surface area contributed by atoms with Gasteiger partial charge in [0.25, 0.3) is 11.8 Å². The number of nitrogens with one attached hydrogen (secondary N) is 1. The van der Waals surface area contributed by atoms with Crippen LogP contribution in [0.4, 0.5) is 5.69 Å². The zero-order chi connectivity index (χ0) is 20.1. The SMILES string of the molecule is O=C(c1ccc(Cl)cc1)N1CCCN(C(=O)c2ccc(N[SH](=O)=O)cc2)CC1. The van der Waals surface area contributed by atoms with Crippen molar-refractivity contribution in [2.24, 2.45) is 0 Å². The standard InChI is InChI=1S/C19H20ClN3O4S/c20-16-6-2-14(3-7-16)18(24)22-10-1-11-23(13-12-22)19(25)15-4-8-17(9-5-15)21-28(26)27/h2-9,28H,1,10-13H2,(H,21,26,27). The Bertz CT molecular complexity index is 921. The van der Waals surface area contributed by atoms with Crippen LogP contribution in [0.1, 0.15) is 27.1 Å². The highest BCUT2D eigenvalue weighted by molar-refractivity contribution is 7.73. The summed E-state index contributed by atoms with van der Waals surface area (Å²) < 4.78 is 23.7. The molecular formula is C19H20ClN3O4S. The van der Waals surface area contributed by atoms with E-state index in [1.807, 2.05) is 0 Å². The minimum atomic E-state index is -2.74. The molecule has 0 radical (unpaired) electrons. The first-order valence-electron chi connectivity index (χ1n) is 8.79. The maximum Gasteiger partial charge on any atom is 0.253 e. The average molecular weight is 422 g/mol. The lowest BCUT2D eigenvalue weighted by atomic mass is 10.2. The molecule has 3 rings (SSSR count). The minimum Gasteiger partial charge on any atom is -0.337 e. The van der Waals surface area contributed by atoms with Crippen molar-refractivity contribution in [2.75, 3.05) is 30.9 Å². The largest absolute Gasteiger partial charge is 0.337 e. The molecule has 1 fully saturated rings. The van der Waals surface area contributed by atoms with E-state index in [1.54, 1.807) is 58.3 Å². The smallest absolute Gasteiger partial charge is 0.253 e. The molecule has 7 nitrogen and oxygen atoms in total. The lowest BCUT2D eigenvalue weighted by molar-refractivity contribution is 0.0719. The Morgan fingerprint density at radius 2 is 1.25 bits per heavy atom. The van der Waals surface area contributed by atoms with E-state index in [4.69, 9.17) is 11.6 Å². The zero-order valence-electron chi connectivity index (χ0n) is 15.0. The van der Waals surface area contributed by atoms with Crippen molar-refractivity contribution in [3.05, 3.63) is 64.7 Å². The fourth-order valence-electron chi connectivity index (χ4n) is 3.07. The molecule has 9 heteroatoms. The number of carbonyl (C=O) groups excluding carboxylic acids is 2. The third-order valence-corrected chi connectivity index (χ3v) is 5.21. The highest BCUT2D eigenvalue weighted by atomic mass is 35.5. The maximum atomic E-state index is 12.7. The fraction of sp³-hybridized carbons (Fsp3) is 0.263. The number of nitrogens with zero attached hydrogens (tertiary/aromatic N) is 2. The molecule has 2 aromatic carbocycles. The highest BCUT2D eigenvalue weighted by Crippen LogP contribution is 2.16. The summed E-state index contributed by atoms with van der Waals surface area (Å²) in [5, 5.41) is 0.576. The second-order valence-corrected chi connectivity index (χ2v) is 7.57. The molecule has 148 valence electrons. The van der Waals surface area contributed by atoms with Gasteiger partial charge in [0.2, 0.25) is 10.9 Å².